The number of allylic oxidation sites excluding steroid dienone is 4. The number of hydrogen-bond donors (Lipinski definition) is 0. The number of unbranched alkanes of at least 4 members (excludes halogenated alkanes) is 24. The van der Waals surface area contributed by atoms with E-state index in [2.05, 4.69) is 38.2 Å². The van der Waals surface area contributed by atoms with Gasteiger partial charge in [-0.15, -0.1) is 0 Å². The second-order valence-electron chi connectivity index (χ2n) is 12.3. The summed E-state index contributed by atoms with van der Waals surface area (Å²) in [5.74, 6) is 0. The van der Waals surface area contributed by atoms with Crippen LogP contribution in [0.4, 0.5) is 0 Å². The Morgan fingerprint density at radius 3 is 0.925 bits per heavy atom. The van der Waals surface area contributed by atoms with Crippen LogP contribution in [0.2, 0.25) is 0 Å². The monoisotopic (exact) mass is 581 g/mol. The smallest absolute Gasteiger partial charge is 0.202 e. The molecule has 0 rings (SSSR count). The first-order chi connectivity index (χ1) is 19.7. The van der Waals surface area contributed by atoms with Crippen molar-refractivity contribution in [2.75, 3.05) is 19.4 Å². The first-order valence-corrected chi connectivity index (χ1v) is 20.1. The highest BCUT2D eigenvalue weighted by atomic mass is 31.2. The van der Waals surface area contributed by atoms with Crippen molar-refractivity contribution in [2.24, 2.45) is 0 Å². The summed E-state index contributed by atoms with van der Waals surface area (Å²) in [7, 11) is -0.728. The van der Waals surface area contributed by atoms with Crippen LogP contribution < -0.4 is 0 Å². The predicted octanol–water partition coefficient (Wildman–Crippen LogP) is 14.0. The topological polar surface area (TPSA) is 26.3 Å². The van der Waals surface area contributed by atoms with Gasteiger partial charge in [-0.1, -0.05) is 154 Å². The summed E-state index contributed by atoms with van der Waals surface area (Å²) in [6, 6.07) is 0. The molecule has 40 heavy (non-hydrogen) atoms. The molecule has 0 amide bonds. The maximum Gasteiger partial charge on any atom is 0.202 e. The van der Waals surface area contributed by atoms with E-state index in [0.717, 1.165) is 25.2 Å². The van der Waals surface area contributed by atoms with Gasteiger partial charge in [0, 0.05) is 19.4 Å². The molecule has 0 saturated heterocycles. The SMILES string of the molecule is CCCCCCCC/C=C\CCCCCCCCP(=O)(CCCCCCCC/C=C\CCCCCCCC)OC. The fourth-order valence-corrected chi connectivity index (χ4v) is 7.49. The fourth-order valence-electron chi connectivity index (χ4n) is 5.49. The normalized spacial score (nSPS) is 12.4. The lowest BCUT2D eigenvalue weighted by atomic mass is 10.1. The fraction of sp³-hybridized carbons (Fsp3) is 0.892. The second kappa shape index (κ2) is 33.2. The Bertz CT molecular complexity index is 537. The van der Waals surface area contributed by atoms with Crippen LogP contribution in [0.5, 0.6) is 0 Å². The Morgan fingerprint density at radius 1 is 0.400 bits per heavy atom. The van der Waals surface area contributed by atoms with Gasteiger partial charge in [0.1, 0.15) is 0 Å². The molecule has 0 aromatic carbocycles. The van der Waals surface area contributed by atoms with Crippen molar-refractivity contribution in [2.45, 2.75) is 194 Å². The van der Waals surface area contributed by atoms with Crippen molar-refractivity contribution in [3.05, 3.63) is 24.3 Å². The van der Waals surface area contributed by atoms with Gasteiger partial charge in [0.15, 0.2) is 0 Å². The van der Waals surface area contributed by atoms with E-state index >= 15 is 0 Å². The van der Waals surface area contributed by atoms with Crippen molar-refractivity contribution in [3.8, 4) is 0 Å². The van der Waals surface area contributed by atoms with E-state index in [0.29, 0.717) is 0 Å². The molecule has 0 bridgehead atoms. The van der Waals surface area contributed by atoms with Crippen molar-refractivity contribution < 1.29 is 9.09 Å². The summed E-state index contributed by atoms with van der Waals surface area (Å²) in [4.78, 5) is 0. The van der Waals surface area contributed by atoms with Crippen LogP contribution in [0, 0.1) is 0 Å². The predicted molar refractivity (Wildman–Crippen MR) is 183 cm³/mol. The standard InChI is InChI=1S/C37H73O2P/c1-4-6-8-10-12-14-16-18-20-22-24-26-28-30-32-34-36-40(38,39-3)37-35-33-31-29-27-25-23-21-19-17-15-13-11-9-7-5-2/h18-21H,4-17,22-37H2,1-3H3/b20-18-,21-19-. The Kier molecular flexibility index (Phi) is 32.9. The average Bonchev–Trinajstić information content (AvgIpc) is 2.96. The molecule has 0 fully saturated rings. The Morgan fingerprint density at radius 2 is 0.650 bits per heavy atom. The molecule has 0 aromatic rings. The lowest BCUT2D eigenvalue weighted by Gasteiger charge is -2.16. The zero-order valence-corrected chi connectivity index (χ0v) is 28.7. The van der Waals surface area contributed by atoms with Crippen molar-refractivity contribution >= 4 is 7.37 Å². The van der Waals surface area contributed by atoms with Crippen LogP contribution in [-0.4, -0.2) is 19.4 Å². The summed E-state index contributed by atoms with van der Waals surface area (Å²) in [5.41, 5.74) is 0. The first-order valence-electron chi connectivity index (χ1n) is 18.1. The minimum absolute atomic E-state index is 0.787. The van der Waals surface area contributed by atoms with Gasteiger partial charge in [-0.25, -0.2) is 0 Å². The van der Waals surface area contributed by atoms with Crippen LogP contribution in [0.1, 0.15) is 194 Å². The minimum Gasteiger partial charge on any atom is -0.332 e. The van der Waals surface area contributed by atoms with Crippen LogP contribution in [0.15, 0.2) is 24.3 Å². The number of rotatable bonds is 33. The third kappa shape index (κ3) is 30.6. The third-order valence-electron chi connectivity index (χ3n) is 8.35. The van der Waals surface area contributed by atoms with Gasteiger partial charge in [0.05, 0.1) is 0 Å². The van der Waals surface area contributed by atoms with Crippen LogP contribution in [0.25, 0.3) is 0 Å². The second-order valence-corrected chi connectivity index (χ2v) is 15.2. The van der Waals surface area contributed by atoms with Crippen molar-refractivity contribution in [3.63, 3.8) is 0 Å². The molecule has 238 valence electrons. The quantitative estimate of drug-likeness (QED) is 0.0438. The highest BCUT2D eigenvalue weighted by Crippen LogP contribution is 2.47. The molecule has 0 aliphatic heterocycles. The Hall–Kier alpha value is -0.330. The van der Waals surface area contributed by atoms with Crippen LogP contribution >= 0.6 is 7.37 Å². The van der Waals surface area contributed by atoms with Crippen LogP contribution in [-0.2, 0) is 9.09 Å². The maximum absolute atomic E-state index is 13.0. The molecular weight excluding hydrogens is 507 g/mol. The van der Waals surface area contributed by atoms with Crippen molar-refractivity contribution in [1.82, 2.24) is 0 Å². The van der Waals surface area contributed by atoms with E-state index in [4.69, 9.17) is 4.52 Å². The molecule has 0 atom stereocenters. The lowest BCUT2D eigenvalue weighted by molar-refractivity contribution is 0.389. The minimum atomic E-state index is -2.39. The van der Waals surface area contributed by atoms with E-state index < -0.39 is 7.37 Å². The summed E-state index contributed by atoms with van der Waals surface area (Å²) in [6.07, 6.45) is 47.9. The van der Waals surface area contributed by atoms with Gasteiger partial charge in [-0.05, 0) is 64.2 Å². The third-order valence-corrected chi connectivity index (χ3v) is 11.0. The summed E-state index contributed by atoms with van der Waals surface area (Å²) in [6.45, 7) is 4.56. The van der Waals surface area contributed by atoms with Gasteiger partial charge in [-0.2, -0.15) is 0 Å². The molecule has 0 saturated carbocycles. The Labute approximate surface area is 253 Å². The van der Waals surface area contributed by atoms with Crippen molar-refractivity contribution in [1.29, 1.82) is 0 Å². The molecule has 0 N–H and O–H groups in total. The van der Waals surface area contributed by atoms with E-state index in [1.807, 2.05) is 0 Å². The number of hydrogen-bond acceptors (Lipinski definition) is 2. The molecule has 3 heteroatoms. The molecule has 0 aromatic heterocycles. The molecule has 0 radical (unpaired) electrons. The summed E-state index contributed by atoms with van der Waals surface area (Å²) >= 11 is 0. The van der Waals surface area contributed by atoms with E-state index in [1.54, 1.807) is 7.11 Å². The van der Waals surface area contributed by atoms with E-state index in [9.17, 15) is 4.57 Å². The van der Waals surface area contributed by atoms with Gasteiger partial charge >= 0.3 is 0 Å². The van der Waals surface area contributed by atoms with Gasteiger partial charge in [0.25, 0.3) is 0 Å². The molecule has 0 aliphatic rings. The molecule has 2 nitrogen and oxygen atoms in total. The van der Waals surface area contributed by atoms with Gasteiger partial charge < -0.3 is 4.52 Å². The van der Waals surface area contributed by atoms with E-state index in [-0.39, 0.29) is 0 Å². The largest absolute Gasteiger partial charge is 0.332 e. The maximum atomic E-state index is 13.0. The van der Waals surface area contributed by atoms with Gasteiger partial charge in [-0.3, -0.25) is 4.57 Å². The molecule has 0 spiro atoms. The van der Waals surface area contributed by atoms with Crippen LogP contribution in [0.3, 0.4) is 0 Å². The highest BCUT2D eigenvalue weighted by Gasteiger charge is 2.20. The van der Waals surface area contributed by atoms with E-state index in [1.165, 1.54) is 167 Å². The first kappa shape index (κ1) is 39.7. The molecule has 0 unspecified atom stereocenters. The zero-order chi connectivity index (χ0) is 29.2. The Balaban J connectivity index is 3.48. The van der Waals surface area contributed by atoms with Gasteiger partial charge in [0.2, 0.25) is 7.37 Å². The highest BCUT2D eigenvalue weighted by molar-refractivity contribution is 7.58. The zero-order valence-electron chi connectivity index (χ0n) is 27.8. The molecular formula is C37H73O2P. The summed E-state index contributed by atoms with van der Waals surface area (Å²) in [5, 5.41) is 0. The summed E-state index contributed by atoms with van der Waals surface area (Å²) < 4.78 is 18.6. The molecule has 0 heterocycles. The molecule has 0 aliphatic carbocycles. The lowest BCUT2D eigenvalue weighted by Crippen LogP contribution is -1.99. The average molecular weight is 581 g/mol.